The number of amides is 2. The molecule has 2 bridgehead atoms. The number of rotatable bonds is 4. The second-order valence-corrected chi connectivity index (χ2v) is 10.5. The van der Waals surface area contributed by atoms with E-state index in [1.165, 1.54) is 16.4 Å². The van der Waals surface area contributed by atoms with E-state index in [0.717, 1.165) is 18.3 Å². The average molecular weight is 551 g/mol. The van der Waals surface area contributed by atoms with Crippen LogP contribution in [0.2, 0.25) is 0 Å². The van der Waals surface area contributed by atoms with Crippen LogP contribution in [0, 0.1) is 18.6 Å². The standard InChI is InChI=1S/C26H26F4N4O5/c1-12-6-16(27)14(17(28)7-12)9-31-23(37)15-10-34-19-11-33(24(38)20(34)22(36)21(15)35)13(2)4-5-26(19)8-18(32-39-26)25(3,29)30/h6-7,10,13,19,36H,4-5,8-9,11H2,1-3H3,(H,31,37)/t13-,19+,26-/m0/s1. The molecule has 208 valence electrons. The van der Waals surface area contributed by atoms with Gasteiger partial charge in [-0.05, 0) is 44.4 Å². The Hall–Kier alpha value is -3.90. The molecule has 3 atom stereocenters. The summed E-state index contributed by atoms with van der Waals surface area (Å²) in [5, 5.41) is 16.7. The predicted octanol–water partition coefficient (Wildman–Crippen LogP) is 3.42. The number of nitrogens with zero attached hydrogens (tertiary/aromatic N) is 3. The van der Waals surface area contributed by atoms with Crippen LogP contribution in [-0.4, -0.2) is 56.2 Å². The van der Waals surface area contributed by atoms with Crippen molar-refractivity contribution in [2.75, 3.05) is 6.54 Å². The number of aromatic hydroxyl groups is 1. The molecule has 3 aliphatic heterocycles. The normalized spacial score (nSPS) is 24.2. The van der Waals surface area contributed by atoms with Gasteiger partial charge in [0, 0.05) is 44.2 Å². The summed E-state index contributed by atoms with van der Waals surface area (Å²) in [5.74, 6) is -7.76. The second-order valence-electron chi connectivity index (χ2n) is 10.5. The Kier molecular flexibility index (Phi) is 6.22. The summed E-state index contributed by atoms with van der Waals surface area (Å²) in [5.41, 5.74) is -4.07. The molecule has 4 heterocycles. The molecule has 0 saturated carbocycles. The van der Waals surface area contributed by atoms with Crippen molar-refractivity contribution in [2.45, 2.75) is 70.2 Å². The second kappa shape index (κ2) is 9.09. The molecular formula is C26H26F4N4O5. The van der Waals surface area contributed by atoms with Crippen LogP contribution in [-0.2, 0) is 11.4 Å². The van der Waals surface area contributed by atoms with Gasteiger partial charge in [0.25, 0.3) is 17.7 Å². The monoisotopic (exact) mass is 550 g/mol. The highest BCUT2D eigenvalue weighted by Gasteiger charge is 2.56. The number of oxime groups is 1. The maximum absolute atomic E-state index is 14.3. The van der Waals surface area contributed by atoms with Gasteiger partial charge < -0.3 is 24.7 Å². The fourth-order valence-electron chi connectivity index (χ4n) is 5.51. The molecule has 5 rings (SSSR count). The Balaban J connectivity index is 1.55. The Morgan fingerprint density at radius 1 is 1.28 bits per heavy atom. The van der Waals surface area contributed by atoms with Gasteiger partial charge in [-0.3, -0.25) is 14.4 Å². The zero-order valence-corrected chi connectivity index (χ0v) is 21.4. The lowest BCUT2D eigenvalue weighted by Gasteiger charge is -2.41. The summed E-state index contributed by atoms with van der Waals surface area (Å²) in [6, 6.07) is 0.931. The van der Waals surface area contributed by atoms with Crippen molar-refractivity contribution >= 4 is 17.5 Å². The smallest absolute Gasteiger partial charge is 0.286 e. The predicted molar refractivity (Wildman–Crippen MR) is 130 cm³/mol. The number of fused-ring (bicyclic) bond motifs is 5. The first-order chi connectivity index (χ1) is 18.2. The van der Waals surface area contributed by atoms with Crippen LogP contribution in [0.15, 0.2) is 28.3 Å². The molecule has 1 aromatic heterocycles. The van der Waals surface area contributed by atoms with E-state index in [9.17, 15) is 37.1 Å². The van der Waals surface area contributed by atoms with Crippen LogP contribution >= 0.6 is 0 Å². The van der Waals surface area contributed by atoms with E-state index in [1.54, 1.807) is 6.92 Å². The van der Waals surface area contributed by atoms with Gasteiger partial charge in [0.2, 0.25) is 5.43 Å². The van der Waals surface area contributed by atoms with E-state index < -0.39 is 81.3 Å². The van der Waals surface area contributed by atoms with Crippen molar-refractivity contribution in [1.29, 1.82) is 0 Å². The molecule has 2 aromatic rings. The van der Waals surface area contributed by atoms with Crippen LogP contribution in [0.3, 0.4) is 0 Å². The summed E-state index contributed by atoms with van der Waals surface area (Å²) in [6.07, 6.45) is 1.39. The number of hydrogen-bond acceptors (Lipinski definition) is 6. The highest BCUT2D eigenvalue weighted by Crippen LogP contribution is 2.47. The fourth-order valence-corrected chi connectivity index (χ4v) is 5.51. The summed E-state index contributed by atoms with van der Waals surface area (Å²) in [6.45, 7) is 3.35. The van der Waals surface area contributed by atoms with Crippen molar-refractivity contribution < 1.29 is 37.1 Å². The zero-order chi connectivity index (χ0) is 28.4. The Labute approximate surface area is 220 Å². The van der Waals surface area contributed by atoms with Gasteiger partial charge in [-0.15, -0.1) is 0 Å². The number of aryl methyl sites for hydroxylation is 1. The third kappa shape index (κ3) is 4.33. The number of aromatic nitrogens is 1. The van der Waals surface area contributed by atoms with Crippen LogP contribution in [0.5, 0.6) is 5.75 Å². The van der Waals surface area contributed by atoms with Crippen molar-refractivity contribution in [2.24, 2.45) is 5.16 Å². The highest BCUT2D eigenvalue weighted by atomic mass is 19.3. The van der Waals surface area contributed by atoms with Crippen LogP contribution in [0.25, 0.3) is 0 Å². The van der Waals surface area contributed by atoms with E-state index in [4.69, 9.17) is 4.84 Å². The van der Waals surface area contributed by atoms with Crippen LogP contribution < -0.4 is 10.7 Å². The topological polar surface area (TPSA) is 113 Å². The number of benzene rings is 1. The maximum atomic E-state index is 14.3. The molecule has 0 radical (unpaired) electrons. The molecule has 2 N–H and O–H groups in total. The minimum atomic E-state index is -3.26. The van der Waals surface area contributed by atoms with E-state index in [0.29, 0.717) is 18.9 Å². The molecule has 3 aliphatic rings. The molecular weight excluding hydrogens is 524 g/mol. The lowest BCUT2D eigenvalue weighted by molar-refractivity contribution is -0.0655. The summed E-state index contributed by atoms with van der Waals surface area (Å²) < 4.78 is 58.0. The lowest BCUT2D eigenvalue weighted by Crippen LogP contribution is -2.52. The van der Waals surface area contributed by atoms with Gasteiger partial charge in [-0.2, -0.15) is 0 Å². The number of pyridine rings is 1. The molecule has 39 heavy (non-hydrogen) atoms. The molecule has 13 heteroatoms. The van der Waals surface area contributed by atoms with Gasteiger partial charge in [0.05, 0.1) is 6.04 Å². The van der Waals surface area contributed by atoms with Crippen molar-refractivity contribution in [3.63, 3.8) is 0 Å². The van der Waals surface area contributed by atoms with Crippen molar-refractivity contribution in [3.05, 3.63) is 62.6 Å². The van der Waals surface area contributed by atoms with E-state index >= 15 is 0 Å². The fraction of sp³-hybridized carbons (Fsp3) is 0.462. The first-order valence-electron chi connectivity index (χ1n) is 12.4. The van der Waals surface area contributed by atoms with E-state index in [-0.39, 0.29) is 25.4 Å². The van der Waals surface area contributed by atoms with Crippen LogP contribution in [0.4, 0.5) is 17.6 Å². The van der Waals surface area contributed by atoms with Crippen molar-refractivity contribution in [3.8, 4) is 5.75 Å². The third-order valence-electron chi connectivity index (χ3n) is 7.77. The molecule has 0 unspecified atom stereocenters. The third-order valence-corrected chi connectivity index (χ3v) is 7.77. The van der Waals surface area contributed by atoms with Gasteiger partial charge >= 0.3 is 0 Å². The lowest BCUT2D eigenvalue weighted by atomic mass is 9.83. The van der Waals surface area contributed by atoms with Gasteiger partial charge in [0.15, 0.2) is 17.0 Å². The van der Waals surface area contributed by atoms with E-state index in [1.807, 2.05) is 0 Å². The number of carbonyl (C=O) groups is 2. The summed E-state index contributed by atoms with van der Waals surface area (Å²) >= 11 is 0. The number of carbonyl (C=O) groups excluding carboxylic acids is 2. The van der Waals surface area contributed by atoms with Gasteiger partial charge in [-0.1, -0.05) is 5.16 Å². The molecule has 1 fully saturated rings. The average Bonchev–Trinajstić information content (AvgIpc) is 3.25. The first kappa shape index (κ1) is 26.7. The van der Waals surface area contributed by atoms with Crippen molar-refractivity contribution in [1.82, 2.24) is 14.8 Å². The zero-order valence-electron chi connectivity index (χ0n) is 21.4. The summed E-state index contributed by atoms with van der Waals surface area (Å²) in [7, 11) is 0. The van der Waals surface area contributed by atoms with Gasteiger partial charge in [-0.25, -0.2) is 17.6 Å². The Morgan fingerprint density at radius 2 is 1.95 bits per heavy atom. The maximum Gasteiger partial charge on any atom is 0.286 e. The molecule has 1 saturated heterocycles. The quantitative estimate of drug-likeness (QED) is 0.567. The SMILES string of the molecule is Cc1cc(F)c(CNC(=O)c2cn3c(c(O)c2=O)C(=O)N2C[C@@H]3[C@]3(CC[C@@H]2C)CC(C(C)(F)F)=NO3)c(F)c1. The molecule has 9 nitrogen and oxygen atoms in total. The number of hydrogen-bond donors (Lipinski definition) is 2. The highest BCUT2D eigenvalue weighted by molar-refractivity contribution is 5.99. The minimum Gasteiger partial charge on any atom is -0.503 e. The van der Waals surface area contributed by atoms with E-state index in [2.05, 4.69) is 10.5 Å². The van der Waals surface area contributed by atoms with Gasteiger partial charge in [0.1, 0.15) is 22.9 Å². The first-order valence-corrected chi connectivity index (χ1v) is 12.4. The largest absolute Gasteiger partial charge is 0.503 e. The Bertz CT molecular complexity index is 1460. The molecule has 0 aliphatic carbocycles. The Morgan fingerprint density at radius 3 is 2.56 bits per heavy atom. The number of nitrogens with one attached hydrogen (secondary N) is 1. The number of halogens is 4. The summed E-state index contributed by atoms with van der Waals surface area (Å²) in [4.78, 5) is 46.4. The molecule has 1 aromatic carbocycles. The molecule has 1 spiro atoms. The van der Waals surface area contributed by atoms with Crippen LogP contribution in [0.1, 0.15) is 71.1 Å². The molecule has 2 amide bonds. The number of alkyl halides is 2. The minimum absolute atomic E-state index is 0.00571.